The maximum absolute atomic E-state index is 6.01. The molecule has 1 aliphatic carbocycles. The highest BCUT2D eigenvalue weighted by molar-refractivity contribution is 5.22. The lowest BCUT2D eigenvalue weighted by Gasteiger charge is -2.10. The normalized spacial score (nSPS) is 17.4. The van der Waals surface area contributed by atoms with Crippen molar-refractivity contribution < 1.29 is 0 Å². The fourth-order valence-corrected chi connectivity index (χ4v) is 1.91. The van der Waals surface area contributed by atoms with Crippen molar-refractivity contribution >= 4 is 0 Å². The summed E-state index contributed by atoms with van der Waals surface area (Å²) in [5.74, 6) is 0. The van der Waals surface area contributed by atoms with Gasteiger partial charge in [0.15, 0.2) is 0 Å². The average Bonchev–Trinajstić information content (AvgIpc) is 3.00. The van der Waals surface area contributed by atoms with Crippen LogP contribution in [0.25, 0.3) is 0 Å². The summed E-state index contributed by atoms with van der Waals surface area (Å²) >= 11 is 0. The van der Waals surface area contributed by atoms with Crippen LogP contribution in [0.1, 0.15) is 37.3 Å². The molecule has 0 saturated heterocycles. The van der Waals surface area contributed by atoms with Crippen LogP contribution in [0, 0.1) is 0 Å². The van der Waals surface area contributed by atoms with Gasteiger partial charge in [-0.2, -0.15) is 0 Å². The van der Waals surface area contributed by atoms with E-state index in [1.807, 2.05) is 0 Å². The minimum atomic E-state index is 0.113. The Bertz CT molecular complexity index is 325. The zero-order valence-electron chi connectivity index (χ0n) is 10.1. The minimum Gasteiger partial charge on any atom is -0.324 e. The first-order chi connectivity index (χ1) is 7.72. The smallest absolute Gasteiger partial charge is 0.0282 e. The van der Waals surface area contributed by atoms with Crippen LogP contribution in [0.15, 0.2) is 24.3 Å². The molecule has 0 radical (unpaired) electrons. The fraction of sp³-hybridized carbons (Fsp3) is 0.571. The molecule has 1 fully saturated rings. The highest BCUT2D eigenvalue weighted by Gasteiger charge is 2.37. The highest BCUT2D eigenvalue weighted by Crippen LogP contribution is 2.30. The van der Waals surface area contributed by atoms with E-state index in [0.29, 0.717) is 0 Å². The molecular weight excluding hydrogens is 196 g/mol. The topological polar surface area (TPSA) is 38.0 Å². The van der Waals surface area contributed by atoms with Gasteiger partial charge in [0, 0.05) is 18.6 Å². The zero-order chi connectivity index (χ0) is 11.4. The van der Waals surface area contributed by atoms with Crippen LogP contribution in [0.4, 0.5) is 0 Å². The molecule has 1 saturated carbocycles. The van der Waals surface area contributed by atoms with Crippen molar-refractivity contribution in [2.45, 2.75) is 44.7 Å². The van der Waals surface area contributed by atoms with Crippen molar-refractivity contribution in [3.63, 3.8) is 0 Å². The summed E-state index contributed by atoms with van der Waals surface area (Å²) in [4.78, 5) is 0. The van der Waals surface area contributed by atoms with Crippen LogP contribution in [-0.2, 0) is 13.0 Å². The van der Waals surface area contributed by atoms with Crippen molar-refractivity contribution in [3.05, 3.63) is 35.4 Å². The van der Waals surface area contributed by atoms with E-state index >= 15 is 0 Å². The van der Waals surface area contributed by atoms with E-state index < -0.39 is 0 Å². The third-order valence-electron chi connectivity index (χ3n) is 3.26. The van der Waals surface area contributed by atoms with Crippen molar-refractivity contribution in [3.8, 4) is 0 Å². The number of benzene rings is 1. The van der Waals surface area contributed by atoms with Crippen LogP contribution in [0.3, 0.4) is 0 Å². The van der Waals surface area contributed by atoms with Crippen LogP contribution in [0.5, 0.6) is 0 Å². The summed E-state index contributed by atoms with van der Waals surface area (Å²) in [6, 6.07) is 8.90. The maximum Gasteiger partial charge on any atom is 0.0282 e. The maximum atomic E-state index is 6.01. The van der Waals surface area contributed by atoms with Crippen molar-refractivity contribution in [1.82, 2.24) is 5.32 Å². The predicted octanol–water partition coefficient (Wildman–Crippen LogP) is 2.22. The van der Waals surface area contributed by atoms with E-state index in [0.717, 1.165) is 13.1 Å². The quantitative estimate of drug-likeness (QED) is 0.768. The zero-order valence-corrected chi connectivity index (χ0v) is 10.1. The number of nitrogens with two attached hydrogens (primary N) is 1. The summed E-state index contributed by atoms with van der Waals surface area (Å²) < 4.78 is 0. The highest BCUT2D eigenvalue weighted by atomic mass is 15.0. The molecule has 0 unspecified atom stereocenters. The Hall–Kier alpha value is -0.860. The van der Waals surface area contributed by atoms with Crippen LogP contribution < -0.4 is 11.1 Å². The number of nitrogens with one attached hydrogen (secondary N) is 1. The summed E-state index contributed by atoms with van der Waals surface area (Å²) in [6.07, 6.45) is 4.75. The summed E-state index contributed by atoms with van der Waals surface area (Å²) in [5.41, 5.74) is 8.91. The van der Waals surface area contributed by atoms with Gasteiger partial charge in [0.05, 0.1) is 0 Å². The molecular formula is C14H22N2. The number of hydrogen-bond acceptors (Lipinski definition) is 2. The lowest BCUT2D eigenvalue weighted by molar-refractivity contribution is 0.569. The first-order valence-corrected chi connectivity index (χ1v) is 6.29. The first-order valence-electron chi connectivity index (χ1n) is 6.29. The van der Waals surface area contributed by atoms with E-state index in [4.69, 9.17) is 5.73 Å². The van der Waals surface area contributed by atoms with E-state index in [2.05, 4.69) is 36.5 Å². The SMILES string of the molecule is CCCc1ccc(CNCC2(N)CC2)cc1. The van der Waals surface area contributed by atoms with Gasteiger partial charge in [0.1, 0.15) is 0 Å². The average molecular weight is 218 g/mol. The fourth-order valence-electron chi connectivity index (χ4n) is 1.91. The van der Waals surface area contributed by atoms with Crippen LogP contribution in [0.2, 0.25) is 0 Å². The van der Waals surface area contributed by atoms with E-state index in [-0.39, 0.29) is 5.54 Å². The second kappa shape index (κ2) is 4.98. The van der Waals surface area contributed by atoms with Gasteiger partial charge in [-0.05, 0) is 30.4 Å². The molecule has 0 heterocycles. The molecule has 0 atom stereocenters. The number of rotatable bonds is 6. The molecule has 1 aliphatic rings. The third-order valence-corrected chi connectivity index (χ3v) is 3.26. The van der Waals surface area contributed by atoms with Gasteiger partial charge in [-0.25, -0.2) is 0 Å². The molecule has 2 nitrogen and oxygen atoms in total. The molecule has 1 aromatic carbocycles. The van der Waals surface area contributed by atoms with Gasteiger partial charge in [0.2, 0.25) is 0 Å². The number of hydrogen-bond donors (Lipinski definition) is 2. The summed E-state index contributed by atoms with van der Waals surface area (Å²) in [6.45, 7) is 4.10. The van der Waals surface area contributed by atoms with Crippen LogP contribution >= 0.6 is 0 Å². The van der Waals surface area contributed by atoms with Gasteiger partial charge < -0.3 is 11.1 Å². The molecule has 88 valence electrons. The molecule has 2 rings (SSSR count). The predicted molar refractivity (Wildman–Crippen MR) is 68.3 cm³/mol. The van der Waals surface area contributed by atoms with E-state index in [1.165, 1.54) is 36.8 Å². The Balaban J connectivity index is 1.76. The van der Waals surface area contributed by atoms with Gasteiger partial charge in [-0.3, -0.25) is 0 Å². The molecule has 2 heteroatoms. The Labute approximate surface area is 98.2 Å². The summed E-state index contributed by atoms with van der Waals surface area (Å²) in [7, 11) is 0. The van der Waals surface area contributed by atoms with Gasteiger partial charge in [-0.1, -0.05) is 37.6 Å². The Morgan fingerprint density at radius 1 is 1.19 bits per heavy atom. The Morgan fingerprint density at radius 3 is 2.38 bits per heavy atom. The van der Waals surface area contributed by atoms with Crippen LogP contribution in [-0.4, -0.2) is 12.1 Å². The van der Waals surface area contributed by atoms with Gasteiger partial charge in [-0.15, -0.1) is 0 Å². The Morgan fingerprint density at radius 2 is 1.81 bits per heavy atom. The van der Waals surface area contributed by atoms with Crippen molar-refractivity contribution in [2.24, 2.45) is 5.73 Å². The molecule has 0 amide bonds. The van der Waals surface area contributed by atoms with Gasteiger partial charge in [0.25, 0.3) is 0 Å². The molecule has 0 aromatic heterocycles. The Kier molecular flexibility index (Phi) is 3.62. The first kappa shape index (κ1) is 11.6. The monoisotopic (exact) mass is 218 g/mol. The molecule has 3 N–H and O–H groups in total. The molecule has 0 aliphatic heterocycles. The second-order valence-electron chi connectivity index (χ2n) is 5.03. The summed E-state index contributed by atoms with van der Waals surface area (Å²) in [5, 5.41) is 3.43. The third kappa shape index (κ3) is 3.32. The minimum absolute atomic E-state index is 0.113. The largest absolute Gasteiger partial charge is 0.324 e. The molecule has 1 aromatic rings. The lowest BCUT2D eigenvalue weighted by atomic mass is 10.1. The standard InChI is InChI=1S/C14H22N2/c1-2-3-12-4-6-13(7-5-12)10-16-11-14(15)8-9-14/h4-7,16H,2-3,8-11,15H2,1H3. The molecule has 16 heavy (non-hydrogen) atoms. The van der Waals surface area contributed by atoms with Crippen molar-refractivity contribution in [1.29, 1.82) is 0 Å². The molecule has 0 bridgehead atoms. The van der Waals surface area contributed by atoms with Crippen molar-refractivity contribution in [2.75, 3.05) is 6.54 Å². The van der Waals surface area contributed by atoms with Gasteiger partial charge >= 0.3 is 0 Å². The number of aryl methyl sites for hydroxylation is 1. The lowest BCUT2D eigenvalue weighted by Crippen LogP contribution is -2.35. The molecule has 0 spiro atoms. The second-order valence-corrected chi connectivity index (χ2v) is 5.03. The van der Waals surface area contributed by atoms with E-state index in [9.17, 15) is 0 Å². The van der Waals surface area contributed by atoms with E-state index in [1.54, 1.807) is 0 Å².